The predicted octanol–water partition coefficient (Wildman–Crippen LogP) is 2.66. The van der Waals surface area contributed by atoms with Gasteiger partial charge >= 0.3 is 0 Å². The maximum atomic E-state index is 12.5. The van der Waals surface area contributed by atoms with Gasteiger partial charge in [-0.05, 0) is 36.9 Å². The fourth-order valence-corrected chi connectivity index (χ4v) is 3.09. The number of amides is 1. The van der Waals surface area contributed by atoms with Crippen LogP contribution in [0.4, 0.5) is 11.5 Å². The minimum atomic E-state index is -0.0766. The zero-order chi connectivity index (χ0) is 18.5. The van der Waals surface area contributed by atoms with Crippen molar-refractivity contribution >= 4 is 29.0 Å². The Bertz CT molecular complexity index is 761. The molecular formula is C18H22ClN5O2. The average molecular weight is 376 g/mol. The zero-order valence-corrected chi connectivity index (χ0v) is 15.7. The number of piperazine rings is 1. The van der Waals surface area contributed by atoms with Gasteiger partial charge in [0, 0.05) is 31.9 Å². The van der Waals surface area contributed by atoms with E-state index in [4.69, 9.17) is 16.3 Å². The maximum Gasteiger partial charge on any atom is 0.274 e. The van der Waals surface area contributed by atoms with E-state index in [2.05, 4.69) is 27.3 Å². The van der Waals surface area contributed by atoms with Crippen molar-refractivity contribution in [3.05, 3.63) is 41.0 Å². The monoisotopic (exact) mass is 375 g/mol. The highest BCUT2D eigenvalue weighted by Crippen LogP contribution is 2.28. The number of nitrogens with one attached hydrogen (secondary N) is 1. The molecule has 1 N–H and O–H groups in total. The SMILES string of the molecule is CCN1CCN(C(=O)c2ccc(Nc3ccc(OC)c(Cl)c3)nn2)CC1. The van der Waals surface area contributed by atoms with Gasteiger partial charge in [-0.15, -0.1) is 10.2 Å². The van der Waals surface area contributed by atoms with Crippen molar-refractivity contribution in [3.63, 3.8) is 0 Å². The number of benzene rings is 1. The first-order valence-corrected chi connectivity index (χ1v) is 8.94. The summed E-state index contributed by atoms with van der Waals surface area (Å²) in [5, 5.41) is 11.8. The highest BCUT2D eigenvalue weighted by Gasteiger charge is 2.22. The van der Waals surface area contributed by atoms with E-state index in [-0.39, 0.29) is 5.91 Å². The Balaban J connectivity index is 1.63. The smallest absolute Gasteiger partial charge is 0.274 e. The second-order valence-electron chi connectivity index (χ2n) is 6.00. The first kappa shape index (κ1) is 18.4. The summed E-state index contributed by atoms with van der Waals surface area (Å²) in [7, 11) is 1.57. The highest BCUT2D eigenvalue weighted by atomic mass is 35.5. The summed E-state index contributed by atoms with van der Waals surface area (Å²) in [5.74, 6) is 1.07. The fraction of sp³-hybridized carbons (Fsp3) is 0.389. The van der Waals surface area contributed by atoms with Crippen LogP contribution in [0.5, 0.6) is 5.75 Å². The Labute approximate surface area is 157 Å². The molecule has 1 aliphatic rings. The van der Waals surface area contributed by atoms with Crippen molar-refractivity contribution in [1.82, 2.24) is 20.0 Å². The summed E-state index contributed by atoms with van der Waals surface area (Å²) >= 11 is 6.11. The summed E-state index contributed by atoms with van der Waals surface area (Å²) < 4.78 is 5.13. The Kier molecular flexibility index (Phi) is 5.90. The van der Waals surface area contributed by atoms with Crippen LogP contribution in [0.25, 0.3) is 0 Å². The van der Waals surface area contributed by atoms with Gasteiger partial charge in [-0.2, -0.15) is 0 Å². The first-order valence-electron chi connectivity index (χ1n) is 8.56. The number of rotatable bonds is 5. The van der Waals surface area contributed by atoms with Crippen molar-refractivity contribution < 1.29 is 9.53 Å². The molecule has 8 heteroatoms. The van der Waals surface area contributed by atoms with E-state index in [1.807, 2.05) is 11.0 Å². The van der Waals surface area contributed by atoms with Gasteiger partial charge in [0.25, 0.3) is 5.91 Å². The second-order valence-corrected chi connectivity index (χ2v) is 6.41. The van der Waals surface area contributed by atoms with Crippen molar-refractivity contribution in [2.75, 3.05) is 45.2 Å². The van der Waals surface area contributed by atoms with E-state index in [0.717, 1.165) is 38.4 Å². The molecule has 0 atom stereocenters. The van der Waals surface area contributed by atoms with E-state index in [0.29, 0.717) is 22.3 Å². The minimum Gasteiger partial charge on any atom is -0.495 e. The van der Waals surface area contributed by atoms with Gasteiger partial charge in [0.15, 0.2) is 11.5 Å². The van der Waals surface area contributed by atoms with E-state index in [9.17, 15) is 4.79 Å². The molecule has 138 valence electrons. The topological polar surface area (TPSA) is 70.6 Å². The average Bonchev–Trinajstić information content (AvgIpc) is 2.68. The van der Waals surface area contributed by atoms with Crippen LogP contribution in [0.2, 0.25) is 5.02 Å². The standard InChI is InChI=1S/C18H22ClN5O2/c1-3-23-8-10-24(11-9-23)18(25)15-5-7-17(22-21-15)20-13-4-6-16(26-2)14(19)12-13/h4-7,12H,3,8-11H2,1-2H3,(H,20,22). The van der Waals surface area contributed by atoms with Crippen molar-refractivity contribution in [1.29, 1.82) is 0 Å². The molecule has 1 amide bonds. The van der Waals surface area contributed by atoms with E-state index in [1.54, 1.807) is 31.4 Å². The lowest BCUT2D eigenvalue weighted by molar-refractivity contribution is 0.0636. The number of ether oxygens (including phenoxy) is 1. The Morgan fingerprint density at radius 3 is 2.54 bits per heavy atom. The molecule has 1 fully saturated rings. The quantitative estimate of drug-likeness (QED) is 0.866. The number of hydrogen-bond donors (Lipinski definition) is 1. The molecule has 0 bridgehead atoms. The molecule has 0 aliphatic carbocycles. The van der Waals surface area contributed by atoms with Crippen LogP contribution < -0.4 is 10.1 Å². The van der Waals surface area contributed by atoms with Crippen LogP contribution in [0.3, 0.4) is 0 Å². The molecule has 1 aromatic heterocycles. The molecular weight excluding hydrogens is 354 g/mol. The number of aromatic nitrogens is 2. The van der Waals surface area contributed by atoms with Crippen molar-refractivity contribution in [2.45, 2.75) is 6.92 Å². The second kappa shape index (κ2) is 8.33. The van der Waals surface area contributed by atoms with Crippen LogP contribution >= 0.6 is 11.6 Å². The molecule has 26 heavy (non-hydrogen) atoms. The third-order valence-corrected chi connectivity index (χ3v) is 4.71. The number of carbonyl (C=O) groups excluding carboxylic acids is 1. The third kappa shape index (κ3) is 4.23. The fourth-order valence-electron chi connectivity index (χ4n) is 2.83. The number of halogens is 1. The van der Waals surface area contributed by atoms with Crippen LogP contribution in [-0.2, 0) is 0 Å². The lowest BCUT2D eigenvalue weighted by Crippen LogP contribution is -2.48. The summed E-state index contributed by atoms with van der Waals surface area (Å²) in [6.45, 7) is 6.38. The van der Waals surface area contributed by atoms with Crippen LogP contribution in [0.15, 0.2) is 30.3 Å². The van der Waals surface area contributed by atoms with Crippen LogP contribution in [0, 0.1) is 0 Å². The van der Waals surface area contributed by atoms with Gasteiger partial charge in [0.2, 0.25) is 0 Å². The van der Waals surface area contributed by atoms with Gasteiger partial charge in [-0.25, -0.2) is 0 Å². The summed E-state index contributed by atoms with van der Waals surface area (Å²) in [6, 6.07) is 8.77. The zero-order valence-electron chi connectivity index (χ0n) is 14.9. The van der Waals surface area contributed by atoms with E-state index in [1.165, 1.54) is 0 Å². The molecule has 3 rings (SSSR count). The number of likely N-dealkylation sites (N-methyl/N-ethyl adjacent to an activating group) is 1. The molecule has 1 aromatic carbocycles. The molecule has 0 spiro atoms. The van der Waals surface area contributed by atoms with Crippen LogP contribution in [-0.4, -0.2) is 65.7 Å². The molecule has 1 saturated heterocycles. The Morgan fingerprint density at radius 2 is 1.96 bits per heavy atom. The number of nitrogens with zero attached hydrogens (tertiary/aromatic N) is 4. The summed E-state index contributed by atoms with van der Waals surface area (Å²) in [6.07, 6.45) is 0. The first-order chi connectivity index (χ1) is 12.6. The molecule has 0 unspecified atom stereocenters. The lowest BCUT2D eigenvalue weighted by Gasteiger charge is -2.33. The minimum absolute atomic E-state index is 0.0766. The summed E-state index contributed by atoms with van der Waals surface area (Å²) in [4.78, 5) is 16.7. The molecule has 2 aromatic rings. The summed E-state index contributed by atoms with van der Waals surface area (Å²) in [5.41, 5.74) is 1.12. The number of methoxy groups -OCH3 is 1. The van der Waals surface area contributed by atoms with Crippen molar-refractivity contribution in [3.8, 4) is 5.75 Å². The lowest BCUT2D eigenvalue weighted by atomic mass is 10.2. The number of carbonyl (C=O) groups is 1. The molecule has 0 saturated carbocycles. The van der Waals surface area contributed by atoms with Gasteiger partial charge in [-0.3, -0.25) is 4.79 Å². The van der Waals surface area contributed by atoms with E-state index >= 15 is 0 Å². The predicted molar refractivity (Wildman–Crippen MR) is 101 cm³/mol. The molecule has 7 nitrogen and oxygen atoms in total. The Morgan fingerprint density at radius 1 is 1.19 bits per heavy atom. The van der Waals surface area contributed by atoms with Gasteiger partial charge in [0.1, 0.15) is 5.75 Å². The molecule has 1 aliphatic heterocycles. The number of anilines is 2. The van der Waals surface area contributed by atoms with Gasteiger partial charge in [0.05, 0.1) is 12.1 Å². The number of hydrogen-bond acceptors (Lipinski definition) is 6. The third-order valence-electron chi connectivity index (χ3n) is 4.41. The molecule has 0 radical (unpaired) electrons. The highest BCUT2D eigenvalue weighted by molar-refractivity contribution is 6.32. The normalized spacial score (nSPS) is 15.0. The van der Waals surface area contributed by atoms with Gasteiger partial charge in [-0.1, -0.05) is 18.5 Å². The largest absolute Gasteiger partial charge is 0.495 e. The van der Waals surface area contributed by atoms with E-state index < -0.39 is 0 Å². The maximum absolute atomic E-state index is 12.5. The van der Waals surface area contributed by atoms with Crippen molar-refractivity contribution in [2.24, 2.45) is 0 Å². The Hall–Kier alpha value is -2.38. The molecule has 2 heterocycles. The van der Waals surface area contributed by atoms with Crippen LogP contribution in [0.1, 0.15) is 17.4 Å². The van der Waals surface area contributed by atoms with Gasteiger partial charge < -0.3 is 19.9 Å².